The van der Waals surface area contributed by atoms with Crippen LogP contribution in [-0.2, 0) is 6.54 Å². The summed E-state index contributed by atoms with van der Waals surface area (Å²) >= 11 is 5.63. The summed E-state index contributed by atoms with van der Waals surface area (Å²) in [5.41, 5.74) is 1.56. The number of nitro groups is 1. The minimum atomic E-state index is -0.429. The molecule has 0 aliphatic rings. The molecule has 7 nitrogen and oxygen atoms in total. The Morgan fingerprint density at radius 1 is 1.39 bits per heavy atom. The molecule has 0 aromatic carbocycles. The highest BCUT2D eigenvalue weighted by atomic mass is 35.5. The molecule has 18 heavy (non-hydrogen) atoms. The van der Waals surface area contributed by atoms with Gasteiger partial charge in [-0.3, -0.25) is 19.8 Å². The van der Waals surface area contributed by atoms with Crippen molar-refractivity contribution in [3.8, 4) is 0 Å². The molecule has 0 atom stereocenters. The molecule has 0 bridgehead atoms. The Hall–Kier alpha value is -2.02. The van der Waals surface area contributed by atoms with Gasteiger partial charge in [0, 0.05) is 0 Å². The fraction of sp³-hybridized carbons (Fsp3) is 0.300. The maximum absolute atomic E-state index is 10.9. The first-order chi connectivity index (χ1) is 8.49. The molecule has 2 aromatic rings. The normalized spacial score (nSPS) is 10.6. The fourth-order valence-electron chi connectivity index (χ4n) is 1.68. The molecule has 0 unspecified atom stereocenters. The molecule has 0 amide bonds. The number of hydrogen-bond donors (Lipinski definition) is 0. The Morgan fingerprint density at radius 2 is 2.11 bits per heavy atom. The smallest absolute Gasteiger partial charge is 0.258 e. The van der Waals surface area contributed by atoms with E-state index in [-0.39, 0.29) is 5.69 Å². The highest BCUT2D eigenvalue weighted by Gasteiger charge is 2.21. The average Bonchev–Trinajstić information content (AvgIpc) is 2.57. The van der Waals surface area contributed by atoms with Gasteiger partial charge in [0.2, 0.25) is 0 Å². The predicted octanol–water partition coefficient (Wildman–Crippen LogP) is 1.90. The second-order valence-corrected chi connectivity index (χ2v) is 4.15. The van der Waals surface area contributed by atoms with Crippen molar-refractivity contribution >= 4 is 17.3 Å². The lowest BCUT2D eigenvalue weighted by molar-refractivity contribution is -0.386. The van der Waals surface area contributed by atoms with Gasteiger partial charge in [-0.1, -0.05) is 11.6 Å². The zero-order valence-electron chi connectivity index (χ0n) is 9.79. The van der Waals surface area contributed by atoms with E-state index in [4.69, 9.17) is 11.6 Å². The van der Waals surface area contributed by atoms with E-state index < -0.39 is 4.92 Å². The second-order valence-electron chi connectivity index (χ2n) is 3.76. The van der Waals surface area contributed by atoms with Crippen molar-refractivity contribution in [2.45, 2.75) is 20.4 Å². The molecule has 0 aliphatic carbocycles. The maximum Gasteiger partial charge on any atom is 0.312 e. The van der Waals surface area contributed by atoms with E-state index in [9.17, 15) is 10.1 Å². The maximum atomic E-state index is 10.9. The van der Waals surface area contributed by atoms with Crippen LogP contribution in [0.4, 0.5) is 5.69 Å². The molecule has 94 valence electrons. The molecule has 0 fully saturated rings. The summed E-state index contributed by atoms with van der Waals surface area (Å²) in [5.74, 6) is 0. The third kappa shape index (κ3) is 2.30. The molecular weight excluding hydrogens is 258 g/mol. The van der Waals surface area contributed by atoms with Crippen LogP contribution >= 0.6 is 11.6 Å². The molecule has 0 aliphatic heterocycles. The van der Waals surface area contributed by atoms with Crippen LogP contribution < -0.4 is 0 Å². The lowest BCUT2D eigenvalue weighted by Gasteiger charge is -2.02. The standard InChI is InChI=1S/C10H10ClN5O2/c1-6-10(16(17)18)7(2)15(14-6)5-8-3-13-9(11)4-12-8/h3-4H,5H2,1-2H3. The van der Waals surface area contributed by atoms with Crippen molar-refractivity contribution in [1.29, 1.82) is 0 Å². The van der Waals surface area contributed by atoms with E-state index in [0.717, 1.165) is 0 Å². The third-order valence-electron chi connectivity index (χ3n) is 2.51. The molecule has 0 saturated carbocycles. The Morgan fingerprint density at radius 3 is 2.61 bits per heavy atom. The number of aromatic nitrogens is 4. The first kappa shape index (κ1) is 12.4. The number of nitrogens with zero attached hydrogens (tertiary/aromatic N) is 5. The molecule has 2 aromatic heterocycles. The quantitative estimate of drug-likeness (QED) is 0.626. The zero-order chi connectivity index (χ0) is 13.3. The Kier molecular flexibility index (Phi) is 3.24. The van der Waals surface area contributed by atoms with Crippen molar-refractivity contribution in [3.05, 3.63) is 44.7 Å². The minimum absolute atomic E-state index is 0.0388. The van der Waals surface area contributed by atoms with Gasteiger partial charge in [0.1, 0.15) is 16.5 Å². The van der Waals surface area contributed by atoms with Gasteiger partial charge in [-0.25, -0.2) is 4.98 Å². The Labute approximate surface area is 108 Å². The predicted molar refractivity (Wildman–Crippen MR) is 64.5 cm³/mol. The van der Waals surface area contributed by atoms with Gasteiger partial charge >= 0.3 is 5.69 Å². The first-order valence-electron chi connectivity index (χ1n) is 5.14. The van der Waals surface area contributed by atoms with Crippen LogP contribution in [0.15, 0.2) is 12.4 Å². The van der Waals surface area contributed by atoms with Crippen LogP contribution in [0, 0.1) is 24.0 Å². The fourth-order valence-corrected chi connectivity index (χ4v) is 1.78. The second kappa shape index (κ2) is 4.69. The highest BCUT2D eigenvalue weighted by molar-refractivity contribution is 6.29. The van der Waals surface area contributed by atoms with Crippen molar-refractivity contribution in [1.82, 2.24) is 19.7 Å². The van der Waals surface area contributed by atoms with Crippen LogP contribution in [-0.4, -0.2) is 24.7 Å². The molecule has 0 saturated heterocycles. The summed E-state index contributed by atoms with van der Waals surface area (Å²) in [4.78, 5) is 18.4. The van der Waals surface area contributed by atoms with Crippen LogP contribution in [0.25, 0.3) is 0 Å². The first-order valence-corrected chi connectivity index (χ1v) is 5.51. The number of halogens is 1. The molecule has 2 rings (SSSR count). The van der Waals surface area contributed by atoms with Crippen LogP contribution in [0.1, 0.15) is 17.1 Å². The van der Waals surface area contributed by atoms with Gasteiger partial charge in [-0.2, -0.15) is 5.10 Å². The van der Waals surface area contributed by atoms with Crippen molar-refractivity contribution in [2.75, 3.05) is 0 Å². The topological polar surface area (TPSA) is 86.7 Å². The molecule has 8 heteroatoms. The largest absolute Gasteiger partial charge is 0.312 e. The summed E-state index contributed by atoms with van der Waals surface area (Å²) in [6.07, 6.45) is 2.95. The summed E-state index contributed by atoms with van der Waals surface area (Å²) in [6, 6.07) is 0. The summed E-state index contributed by atoms with van der Waals surface area (Å²) < 4.78 is 1.53. The lowest BCUT2D eigenvalue weighted by Crippen LogP contribution is -2.06. The Balaban J connectivity index is 2.33. The Bertz CT molecular complexity index is 593. The zero-order valence-corrected chi connectivity index (χ0v) is 10.5. The van der Waals surface area contributed by atoms with Gasteiger partial charge in [0.15, 0.2) is 0 Å². The van der Waals surface area contributed by atoms with Gasteiger partial charge in [0.25, 0.3) is 0 Å². The number of aryl methyl sites for hydroxylation is 1. The van der Waals surface area contributed by atoms with E-state index in [2.05, 4.69) is 15.1 Å². The van der Waals surface area contributed by atoms with Crippen LogP contribution in [0.3, 0.4) is 0 Å². The average molecular weight is 268 g/mol. The van der Waals surface area contributed by atoms with E-state index in [0.29, 0.717) is 28.8 Å². The van der Waals surface area contributed by atoms with E-state index in [1.54, 1.807) is 13.8 Å². The lowest BCUT2D eigenvalue weighted by atomic mass is 10.3. The van der Waals surface area contributed by atoms with Gasteiger partial charge < -0.3 is 0 Å². The molecule has 0 radical (unpaired) electrons. The molecule has 0 spiro atoms. The van der Waals surface area contributed by atoms with Crippen molar-refractivity contribution < 1.29 is 4.92 Å². The molecule has 2 heterocycles. The van der Waals surface area contributed by atoms with Gasteiger partial charge in [-0.15, -0.1) is 0 Å². The summed E-state index contributed by atoms with van der Waals surface area (Å²) in [7, 11) is 0. The van der Waals surface area contributed by atoms with Crippen molar-refractivity contribution in [3.63, 3.8) is 0 Å². The van der Waals surface area contributed by atoms with E-state index in [1.807, 2.05) is 0 Å². The van der Waals surface area contributed by atoms with Gasteiger partial charge in [-0.05, 0) is 13.8 Å². The van der Waals surface area contributed by atoms with Crippen LogP contribution in [0.2, 0.25) is 5.15 Å². The van der Waals surface area contributed by atoms with E-state index in [1.165, 1.54) is 17.1 Å². The molecule has 0 N–H and O–H groups in total. The highest BCUT2D eigenvalue weighted by Crippen LogP contribution is 2.22. The SMILES string of the molecule is Cc1nn(Cc2cnc(Cl)cn2)c(C)c1[N+](=O)[O-]. The van der Waals surface area contributed by atoms with Crippen LogP contribution in [0.5, 0.6) is 0 Å². The number of rotatable bonds is 3. The summed E-state index contributed by atoms with van der Waals surface area (Å²) in [6.45, 7) is 3.58. The van der Waals surface area contributed by atoms with E-state index >= 15 is 0 Å². The monoisotopic (exact) mass is 267 g/mol. The molecular formula is C10H10ClN5O2. The van der Waals surface area contributed by atoms with Crippen molar-refractivity contribution in [2.24, 2.45) is 0 Å². The number of hydrogen-bond acceptors (Lipinski definition) is 5. The van der Waals surface area contributed by atoms with Gasteiger partial charge in [0.05, 0.1) is 29.6 Å². The summed E-state index contributed by atoms with van der Waals surface area (Å²) in [5, 5.41) is 15.3. The third-order valence-corrected chi connectivity index (χ3v) is 2.71. The minimum Gasteiger partial charge on any atom is -0.258 e.